The van der Waals surface area contributed by atoms with Crippen LogP contribution in [0.2, 0.25) is 5.02 Å². The zero-order chi connectivity index (χ0) is 14.5. The molecule has 0 aliphatic carbocycles. The lowest BCUT2D eigenvalue weighted by Crippen LogP contribution is -2.29. The highest BCUT2D eigenvalue weighted by Crippen LogP contribution is 2.28. The largest absolute Gasteiger partial charge is 0.271 e. The van der Waals surface area contributed by atoms with E-state index in [1.807, 2.05) is 18.2 Å². The Kier molecular flexibility index (Phi) is 5.12. The Morgan fingerprint density at radius 1 is 1.25 bits per heavy atom. The summed E-state index contributed by atoms with van der Waals surface area (Å²) in [4.78, 5) is 0. The minimum Gasteiger partial charge on any atom is -0.271 e. The molecule has 106 valence electrons. The molecule has 0 radical (unpaired) electrons. The average Bonchev–Trinajstić information content (AvgIpc) is 2.45. The molecule has 0 amide bonds. The fourth-order valence-corrected chi connectivity index (χ4v) is 2.51. The SMILES string of the molecule is CCCc1cccc(C(NN)c2cccc(Cl)c2F)c1. The number of hydrogen-bond acceptors (Lipinski definition) is 2. The molecule has 2 aromatic carbocycles. The van der Waals surface area contributed by atoms with Crippen molar-refractivity contribution < 1.29 is 4.39 Å². The molecule has 20 heavy (non-hydrogen) atoms. The number of halogens is 2. The summed E-state index contributed by atoms with van der Waals surface area (Å²) in [6.07, 6.45) is 2.05. The van der Waals surface area contributed by atoms with Crippen LogP contribution in [0, 0.1) is 5.82 Å². The second-order valence-corrected chi connectivity index (χ2v) is 5.14. The lowest BCUT2D eigenvalue weighted by Gasteiger charge is -2.19. The molecule has 2 nitrogen and oxygen atoms in total. The topological polar surface area (TPSA) is 38.0 Å². The van der Waals surface area contributed by atoms with Gasteiger partial charge in [0.2, 0.25) is 0 Å². The molecule has 0 aliphatic rings. The molecule has 1 atom stereocenters. The van der Waals surface area contributed by atoms with Crippen molar-refractivity contribution in [1.29, 1.82) is 0 Å². The molecular formula is C16H18ClFN2. The number of hydrazine groups is 1. The standard InChI is InChI=1S/C16H18ClFN2/c1-2-5-11-6-3-7-12(10-11)16(20-19)13-8-4-9-14(17)15(13)18/h3-4,6-10,16,20H,2,5,19H2,1H3. The molecule has 2 aromatic rings. The van der Waals surface area contributed by atoms with Crippen LogP contribution in [0.1, 0.15) is 36.1 Å². The van der Waals surface area contributed by atoms with Gasteiger partial charge in [0.15, 0.2) is 0 Å². The smallest absolute Gasteiger partial charge is 0.146 e. The molecule has 0 saturated heterocycles. The molecule has 0 aromatic heterocycles. The molecule has 0 heterocycles. The second kappa shape index (κ2) is 6.84. The number of rotatable bonds is 5. The molecule has 0 aliphatic heterocycles. The van der Waals surface area contributed by atoms with Crippen LogP contribution >= 0.6 is 11.6 Å². The first kappa shape index (κ1) is 15.0. The Hall–Kier alpha value is -1.42. The van der Waals surface area contributed by atoms with Crippen molar-refractivity contribution in [3.63, 3.8) is 0 Å². The van der Waals surface area contributed by atoms with Crippen LogP contribution in [0.3, 0.4) is 0 Å². The Morgan fingerprint density at radius 3 is 2.70 bits per heavy atom. The molecule has 2 rings (SSSR count). The zero-order valence-electron chi connectivity index (χ0n) is 11.4. The summed E-state index contributed by atoms with van der Waals surface area (Å²) in [6.45, 7) is 2.13. The van der Waals surface area contributed by atoms with Gasteiger partial charge in [-0.2, -0.15) is 0 Å². The van der Waals surface area contributed by atoms with E-state index in [1.54, 1.807) is 12.1 Å². The molecule has 1 unspecified atom stereocenters. The maximum Gasteiger partial charge on any atom is 0.146 e. The maximum atomic E-state index is 14.1. The van der Waals surface area contributed by atoms with E-state index in [-0.39, 0.29) is 5.02 Å². The number of benzene rings is 2. The first-order valence-corrected chi connectivity index (χ1v) is 7.04. The number of nitrogens with two attached hydrogens (primary N) is 1. The molecule has 0 spiro atoms. The van der Waals surface area contributed by atoms with Crippen molar-refractivity contribution in [2.75, 3.05) is 0 Å². The van der Waals surface area contributed by atoms with Crippen molar-refractivity contribution in [2.24, 2.45) is 5.84 Å². The van der Waals surface area contributed by atoms with E-state index < -0.39 is 11.9 Å². The van der Waals surface area contributed by atoms with E-state index in [4.69, 9.17) is 17.4 Å². The monoisotopic (exact) mass is 292 g/mol. The summed E-state index contributed by atoms with van der Waals surface area (Å²) in [5.41, 5.74) is 5.27. The van der Waals surface area contributed by atoms with Crippen LogP contribution in [-0.4, -0.2) is 0 Å². The maximum absolute atomic E-state index is 14.1. The Balaban J connectivity index is 2.41. The predicted molar refractivity (Wildman–Crippen MR) is 81.0 cm³/mol. The van der Waals surface area contributed by atoms with Crippen molar-refractivity contribution in [2.45, 2.75) is 25.8 Å². The van der Waals surface area contributed by atoms with Crippen molar-refractivity contribution in [3.8, 4) is 0 Å². The van der Waals surface area contributed by atoms with Gasteiger partial charge in [0.1, 0.15) is 5.82 Å². The Bertz CT molecular complexity index is 586. The van der Waals surface area contributed by atoms with Crippen LogP contribution in [0.15, 0.2) is 42.5 Å². The first-order chi connectivity index (χ1) is 9.67. The predicted octanol–water partition coefficient (Wildman–Crippen LogP) is 3.98. The van der Waals surface area contributed by atoms with Crippen molar-refractivity contribution >= 4 is 11.6 Å². The zero-order valence-corrected chi connectivity index (χ0v) is 12.1. The fraction of sp³-hybridized carbons (Fsp3) is 0.250. The van der Waals surface area contributed by atoms with E-state index in [2.05, 4.69) is 18.4 Å². The molecule has 0 fully saturated rings. The number of hydrogen-bond donors (Lipinski definition) is 2. The average molecular weight is 293 g/mol. The molecule has 3 N–H and O–H groups in total. The van der Waals surface area contributed by atoms with Crippen LogP contribution < -0.4 is 11.3 Å². The van der Waals surface area contributed by atoms with E-state index in [0.29, 0.717) is 5.56 Å². The molecule has 4 heteroatoms. The Morgan fingerprint density at radius 2 is 2.00 bits per heavy atom. The highest BCUT2D eigenvalue weighted by molar-refractivity contribution is 6.30. The minimum absolute atomic E-state index is 0.104. The van der Waals surface area contributed by atoms with Gasteiger partial charge in [0.25, 0.3) is 0 Å². The lowest BCUT2D eigenvalue weighted by atomic mass is 9.96. The van der Waals surface area contributed by atoms with E-state index >= 15 is 0 Å². The highest BCUT2D eigenvalue weighted by Gasteiger charge is 2.18. The van der Waals surface area contributed by atoms with E-state index in [1.165, 1.54) is 11.6 Å². The van der Waals surface area contributed by atoms with Crippen LogP contribution in [0.25, 0.3) is 0 Å². The van der Waals surface area contributed by atoms with Gasteiger partial charge < -0.3 is 0 Å². The molecule has 0 bridgehead atoms. The van der Waals surface area contributed by atoms with E-state index in [9.17, 15) is 4.39 Å². The quantitative estimate of drug-likeness (QED) is 0.646. The van der Waals surface area contributed by atoms with Gasteiger partial charge in [-0.3, -0.25) is 5.84 Å². The van der Waals surface area contributed by atoms with Gasteiger partial charge in [-0.1, -0.05) is 61.3 Å². The molecule has 0 saturated carbocycles. The summed E-state index contributed by atoms with van der Waals surface area (Å²) in [6, 6.07) is 12.5. The van der Waals surface area contributed by atoms with Gasteiger partial charge in [-0.05, 0) is 23.6 Å². The fourth-order valence-electron chi connectivity index (χ4n) is 2.33. The molecular weight excluding hydrogens is 275 g/mol. The normalized spacial score (nSPS) is 12.4. The summed E-state index contributed by atoms with van der Waals surface area (Å²) in [5.74, 6) is 5.19. The minimum atomic E-state index is -0.432. The van der Waals surface area contributed by atoms with Crippen LogP contribution in [0.4, 0.5) is 4.39 Å². The van der Waals surface area contributed by atoms with E-state index in [0.717, 1.165) is 18.4 Å². The Labute approximate surface area is 123 Å². The van der Waals surface area contributed by atoms with Gasteiger partial charge in [0, 0.05) is 5.56 Å². The lowest BCUT2D eigenvalue weighted by molar-refractivity contribution is 0.560. The number of nitrogens with one attached hydrogen (secondary N) is 1. The van der Waals surface area contributed by atoms with Crippen molar-refractivity contribution in [3.05, 3.63) is 70.0 Å². The summed E-state index contributed by atoms with van der Waals surface area (Å²) >= 11 is 5.84. The third-order valence-electron chi connectivity index (χ3n) is 3.28. The van der Waals surface area contributed by atoms with Gasteiger partial charge in [0.05, 0.1) is 11.1 Å². The second-order valence-electron chi connectivity index (χ2n) is 4.74. The van der Waals surface area contributed by atoms with Gasteiger partial charge in [-0.25, -0.2) is 9.82 Å². The van der Waals surface area contributed by atoms with Gasteiger partial charge in [-0.15, -0.1) is 0 Å². The first-order valence-electron chi connectivity index (χ1n) is 6.66. The summed E-state index contributed by atoms with van der Waals surface area (Å²) in [7, 11) is 0. The third kappa shape index (κ3) is 3.18. The van der Waals surface area contributed by atoms with Gasteiger partial charge >= 0.3 is 0 Å². The van der Waals surface area contributed by atoms with Crippen molar-refractivity contribution in [1.82, 2.24) is 5.43 Å². The summed E-state index contributed by atoms with van der Waals surface area (Å²) < 4.78 is 14.1. The number of aryl methyl sites for hydroxylation is 1. The van der Waals surface area contributed by atoms with Crippen LogP contribution in [0.5, 0.6) is 0 Å². The summed E-state index contributed by atoms with van der Waals surface area (Å²) in [5, 5.41) is 0.104. The van der Waals surface area contributed by atoms with Crippen LogP contribution in [-0.2, 0) is 6.42 Å². The third-order valence-corrected chi connectivity index (χ3v) is 3.57. The highest BCUT2D eigenvalue weighted by atomic mass is 35.5.